The highest BCUT2D eigenvalue weighted by atomic mass is 16.5. The third-order valence-corrected chi connectivity index (χ3v) is 3.33. The molecule has 1 amide bonds. The van der Waals surface area contributed by atoms with Crippen molar-refractivity contribution in [3.63, 3.8) is 0 Å². The first kappa shape index (κ1) is 17.0. The summed E-state index contributed by atoms with van der Waals surface area (Å²) in [5.41, 5.74) is 2.76. The molecule has 0 unspecified atom stereocenters. The molecule has 0 radical (unpaired) electrons. The lowest BCUT2D eigenvalue weighted by Gasteiger charge is -2.17. The SMILES string of the molecule is Cc1cccc(C)c1Oc1ccc(NC(=O)CC(C)(C)C)cn1. The quantitative estimate of drug-likeness (QED) is 0.876. The van der Waals surface area contributed by atoms with E-state index in [-0.39, 0.29) is 11.3 Å². The highest BCUT2D eigenvalue weighted by Gasteiger charge is 2.16. The molecule has 0 fully saturated rings. The van der Waals surface area contributed by atoms with Crippen molar-refractivity contribution in [2.45, 2.75) is 41.0 Å². The highest BCUT2D eigenvalue weighted by Crippen LogP contribution is 2.27. The van der Waals surface area contributed by atoms with E-state index in [1.54, 1.807) is 18.3 Å². The van der Waals surface area contributed by atoms with E-state index in [2.05, 4.69) is 10.3 Å². The normalized spacial score (nSPS) is 11.2. The van der Waals surface area contributed by atoms with Gasteiger partial charge in [0.2, 0.25) is 11.8 Å². The van der Waals surface area contributed by atoms with E-state index < -0.39 is 0 Å². The predicted octanol–water partition coefficient (Wildman–Crippen LogP) is 4.87. The number of carbonyl (C=O) groups excluding carboxylic acids is 1. The Bertz CT molecular complexity index is 665. The van der Waals surface area contributed by atoms with Crippen LogP contribution in [0.1, 0.15) is 38.3 Å². The van der Waals surface area contributed by atoms with Gasteiger partial charge in [0, 0.05) is 12.5 Å². The number of hydrogen-bond donors (Lipinski definition) is 1. The van der Waals surface area contributed by atoms with E-state index in [9.17, 15) is 4.79 Å². The van der Waals surface area contributed by atoms with Crippen LogP contribution < -0.4 is 10.1 Å². The summed E-state index contributed by atoms with van der Waals surface area (Å²) >= 11 is 0. The monoisotopic (exact) mass is 312 g/mol. The number of benzene rings is 1. The number of nitrogens with zero attached hydrogens (tertiary/aromatic N) is 1. The van der Waals surface area contributed by atoms with E-state index >= 15 is 0 Å². The van der Waals surface area contributed by atoms with E-state index in [1.807, 2.05) is 52.8 Å². The van der Waals surface area contributed by atoms with Gasteiger partial charge < -0.3 is 10.1 Å². The van der Waals surface area contributed by atoms with E-state index in [0.717, 1.165) is 16.9 Å². The van der Waals surface area contributed by atoms with Crippen LogP contribution in [0, 0.1) is 19.3 Å². The number of rotatable bonds is 4. The number of para-hydroxylation sites is 1. The maximum atomic E-state index is 11.9. The zero-order valence-electron chi connectivity index (χ0n) is 14.4. The van der Waals surface area contributed by atoms with Gasteiger partial charge in [-0.05, 0) is 36.5 Å². The smallest absolute Gasteiger partial charge is 0.224 e. The second-order valence-corrected chi connectivity index (χ2v) is 6.99. The van der Waals surface area contributed by atoms with Crippen molar-refractivity contribution in [3.8, 4) is 11.6 Å². The summed E-state index contributed by atoms with van der Waals surface area (Å²) in [6.07, 6.45) is 2.08. The molecule has 1 aromatic carbocycles. The van der Waals surface area contributed by atoms with Crippen molar-refractivity contribution in [3.05, 3.63) is 47.7 Å². The fourth-order valence-corrected chi connectivity index (χ4v) is 2.27. The summed E-state index contributed by atoms with van der Waals surface area (Å²) in [5.74, 6) is 1.32. The topological polar surface area (TPSA) is 51.2 Å². The summed E-state index contributed by atoms with van der Waals surface area (Å²) in [6.45, 7) is 10.1. The van der Waals surface area contributed by atoms with Crippen molar-refractivity contribution in [2.75, 3.05) is 5.32 Å². The number of nitrogens with one attached hydrogen (secondary N) is 1. The Hall–Kier alpha value is -2.36. The maximum Gasteiger partial charge on any atom is 0.224 e. The third-order valence-electron chi connectivity index (χ3n) is 3.33. The van der Waals surface area contributed by atoms with Crippen LogP contribution in [0.5, 0.6) is 11.6 Å². The lowest BCUT2D eigenvalue weighted by Crippen LogP contribution is -2.19. The van der Waals surface area contributed by atoms with Gasteiger partial charge in [-0.15, -0.1) is 0 Å². The molecule has 4 heteroatoms. The highest BCUT2D eigenvalue weighted by molar-refractivity contribution is 5.90. The molecule has 0 aliphatic heterocycles. The Morgan fingerprint density at radius 3 is 2.30 bits per heavy atom. The molecular weight excluding hydrogens is 288 g/mol. The number of pyridine rings is 1. The molecule has 0 atom stereocenters. The Kier molecular flexibility index (Phi) is 5.04. The van der Waals surface area contributed by atoms with Crippen LogP contribution >= 0.6 is 0 Å². The fraction of sp³-hybridized carbons (Fsp3) is 0.368. The molecule has 1 N–H and O–H groups in total. The van der Waals surface area contributed by atoms with Crippen molar-refractivity contribution < 1.29 is 9.53 Å². The van der Waals surface area contributed by atoms with Crippen LogP contribution in [0.3, 0.4) is 0 Å². The standard InChI is InChI=1S/C19H24N2O2/c1-13-7-6-8-14(2)18(13)23-17-10-9-15(12-20-17)21-16(22)11-19(3,4)5/h6-10,12H,11H2,1-5H3,(H,21,22). The predicted molar refractivity (Wildman–Crippen MR) is 92.9 cm³/mol. The minimum Gasteiger partial charge on any atom is -0.438 e. The fourth-order valence-electron chi connectivity index (χ4n) is 2.27. The second kappa shape index (κ2) is 6.82. The molecular formula is C19H24N2O2. The molecule has 0 spiro atoms. The van der Waals surface area contributed by atoms with Crippen LogP contribution in [0.4, 0.5) is 5.69 Å². The van der Waals surface area contributed by atoms with E-state index in [4.69, 9.17) is 4.74 Å². The van der Waals surface area contributed by atoms with Crippen LogP contribution in [0.15, 0.2) is 36.5 Å². The van der Waals surface area contributed by atoms with Gasteiger partial charge in [0.1, 0.15) is 5.75 Å². The molecule has 0 bridgehead atoms. The van der Waals surface area contributed by atoms with Gasteiger partial charge in [-0.1, -0.05) is 39.0 Å². The van der Waals surface area contributed by atoms with Gasteiger partial charge in [0.25, 0.3) is 0 Å². The first-order valence-electron chi connectivity index (χ1n) is 7.74. The van der Waals surface area contributed by atoms with Crippen LogP contribution in [0.25, 0.3) is 0 Å². The van der Waals surface area contributed by atoms with Gasteiger partial charge in [-0.3, -0.25) is 4.79 Å². The molecule has 1 aromatic heterocycles. The van der Waals surface area contributed by atoms with Crippen LogP contribution in [-0.2, 0) is 4.79 Å². The van der Waals surface area contributed by atoms with Crippen molar-refractivity contribution in [2.24, 2.45) is 5.41 Å². The molecule has 122 valence electrons. The van der Waals surface area contributed by atoms with Crippen LogP contribution in [-0.4, -0.2) is 10.9 Å². The third kappa shape index (κ3) is 5.09. The maximum absolute atomic E-state index is 11.9. The van der Waals surface area contributed by atoms with Crippen molar-refractivity contribution in [1.29, 1.82) is 0 Å². The minimum atomic E-state index is -0.0388. The van der Waals surface area contributed by atoms with Crippen LogP contribution in [0.2, 0.25) is 0 Å². The molecule has 2 rings (SSSR count). The summed E-state index contributed by atoms with van der Waals surface area (Å²) in [4.78, 5) is 16.2. The Labute approximate surface area is 137 Å². The van der Waals surface area contributed by atoms with Gasteiger partial charge in [-0.25, -0.2) is 4.98 Å². The number of aromatic nitrogens is 1. The van der Waals surface area contributed by atoms with Gasteiger partial charge >= 0.3 is 0 Å². The molecule has 4 nitrogen and oxygen atoms in total. The Morgan fingerprint density at radius 1 is 1.13 bits per heavy atom. The molecule has 2 aromatic rings. The summed E-state index contributed by atoms with van der Waals surface area (Å²) < 4.78 is 5.86. The Morgan fingerprint density at radius 2 is 1.78 bits per heavy atom. The van der Waals surface area contributed by atoms with Gasteiger partial charge in [0.05, 0.1) is 11.9 Å². The van der Waals surface area contributed by atoms with Crippen molar-refractivity contribution in [1.82, 2.24) is 4.98 Å². The number of ether oxygens (including phenoxy) is 1. The summed E-state index contributed by atoms with van der Waals surface area (Å²) in [7, 11) is 0. The summed E-state index contributed by atoms with van der Waals surface area (Å²) in [5, 5.41) is 2.86. The molecule has 0 saturated heterocycles. The van der Waals surface area contributed by atoms with Crippen molar-refractivity contribution >= 4 is 11.6 Å². The zero-order chi connectivity index (χ0) is 17.0. The molecule has 23 heavy (non-hydrogen) atoms. The zero-order valence-corrected chi connectivity index (χ0v) is 14.4. The largest absolute Gasteiger partial charge is 0.438 e. The average Bonchev–Trinajstić information content (AvgIpc) is 2.43. The first-order valence-corrected chi connectivity index (χ1v) is 7.74. The molecule has 0 saturated carbocycles. The number of anilines is 1. The minimum absolute atomic E-state index is 0.0114. The first-order chi connectivity index (χ1) is 10.7. The van der Waals surface area contributed by atoms with E-state index in [0.29, 0.717) is 18.0 Å². The number of amides is 1. The average molecular weight is 312 g/mol. The molecule has 0 aliphatic carbocycles. The van der Waals surface area contributed by atoms with Gasteiger partial charge in [-0.2, -0.15) is 0 Å². The van der Waals surface area contributed by atoms with Gasteiger partial charge in [0.15, 0.2) is 0 Å². The number of hydrogen-bond acceptors (Lipinski definition) is 3. The summed E-state index contributed by atoms with van der Waals surface area (Å²) in [6, 6.07) is 9.57. The molecule has 0 aliphatic rings. The number of aryl methyl sites for hydroxylation is 2. The molecule has 1 heterocycles. The lowest BCUT2D eigenvalue weighted by molar-refractivity contribution is -0.117. The number of carbonyl (C=O) groups is 1. The lowest BCUT2D eigenvalue weighted by atomic mass is 9.92. The second-order valence-electron chi connectivity index (χ2n) is 6.99. The van der Waals surface area contributed by atoms with E-state index in [1.165, 1.54) is 0 Å². The Balaban J connectivity index is 2.04.